The average molecular weight is 358 g/mol. The van der Waals surface area contributed by atoms with Crippen LogP contribution in [0.15, 0.2) is 42.9 Å². The molecule has 0 radical (unpaired) electrons. The van der Waals surface area contributed by atoms with Crippen molar-refractivity contribution in [1.82, 2.24) is 24.8 Å². The van der Waals surface area contributed by atoms with E-state index in [-0.39, 0.29) is 0 Å². The van der Waals surface area contributed by atoms with Crippen LogP contribution in [0.2, 0.25) is 0 Å². The first-order valence-corrected chi connectivity index (χ1v) is 9.32. The van der Waals surface area contributed by atoms with Crippen molar-refractivity contribution < 1.29 is 0 Å². The molecule has 1 fully saturated rings. The third kappa shape index (κ3) is 2.82. The van der Waals surface area contributed by atoms with E-state index in [4.69, 9.17) is 0 Å². The van der Waals surface area contributed by atoms with Gasteiger partial charge in [0, 0.05) is 54.4 Å². The lowest BCUT2D eigenvalue weighted by atomic mass is 10.0. The molecule has 0 amide bonds. The highest BCUT2D eigenvalue weighted by atomic mass is 15.3. The van der Waals surface area contributed by atoms with Gasteiger partial charge >= 0.3 is 0 Å². The fraction of sp³-hybridized carbons (Fsp3) is 0.286. The van der Waals surface area contributed by atoms with Gasteiger partial charge in [-0.15, -0.1) is 0 Å². The second-order valence-electron chi connectivity index (χ2n) is 7.27. The Kier molecular flexibility index (Phi) is 3.79. The van der Waals surface area contributed by atoms with E-state index in [0.717, 1.165) is 70.8 Å². The number of H-pyrrole nitrogens is 1. The van der Waals surface area contributed by atoms with E-state index < -0.39 is 0 Å². The van der Waals surface area contributed by atoms with E-state index in [1.54, 1.807) is 6.33 Å². The van der Waals surface area contributed by atoms with Crippen LogP contribution in [-0.2, 0) is 0 Å². The molecule has 0 bridgehead atoms. The topological polar surface area (TPSA) is 60.9 Å². The Bertz CT molecular complexity index is 1120. The Morgan fingerprint density at radius 3 is 2.67 bits per heavy atom. The third-order valence-electron chi connectivity index (χ3n) is 5.41. The SMILES string of the molecule is Cc1ccc2c(-c3ccc4ncnc(N5CCN(C)CC5)c4c3)c[nH]c2n1. The molecule has 5 rings (SSSR count). The number of aryl methyl sites for hydroxylation is 1. The quantitative estimate of drug-likeness (QED) is 0.596. The van der Waals surface area contributed by atoms with Gasteiger partial charge < -0.3 is 14.8 Å². The van der Waals surface area contributed by atoms with Gasteiger partial charge in [-0.05, 0) is 43.8 Å². The molecule has 0 unspecified atom stereocenters. The number of piperazine rings is 1. The molecule has 0 atom stereocenters. The first-order chi connectivity index (χ1) is 13.2. The van der Waals surface area contributed by atoms with Crippen LogP contribution in [0.5, 0.6) is 0 Å². The number of nitrogens with one attached hydrogen (secondary N) is 1. The first kappa shape index (κ1) is 16.2. The summed E-state index contributed by atoms with van der Waals surface area (Å²) < 4.78 is 0. The molecule has 136 valence electrons. The number of benzene rings is 1. The van der Waals surface area contributed by atoms with Crippen LogP contribution in [0, 0.1) is 6.92 Å². The summed E-state index contributed by atoms with van der Waals surface area (Å²) in [5, 5.41) is 2.24. The minimum atomic E-state index is 0.925. The van der Waals surface area contributed by atoms with E-state index in [9.17, 15) is 0 Å². The number of aromatic amines is 1. The molecule has 1 aliphatic rings. The maximum atomic E-state index is 4.63. The lowest BCUT2D eigenvalue weighted by Crippen LogP contribution is -2.44. The minimum absolute atomic E-state index is 0.925. The monoisotopic (exact) mass is 358 g/mol. The second kappa shape index (κ2) is 6.32. The molecule has 3 aromatic heterocycles. The van der Waals surface area contributed by atoms with Crippen LogP contribution in [0.3, 0.4) is 0 Å². The molecule has 1 aromatic carbocycles. The molecular formula is C21H22N6. The van der Waals surface area contributed by atoms with Crippen LogP contribution in [0.1, 0.15) is 5.69 Å². The number of rotatable bonds is 2. The molecule has 4 aromatic rings. The smallest absolute Gasteiger partial charge is 0.139 e. The van der Waals surface area contributed by atoms with Gasteiger partial charge in [0.2, 0.25) is 0 Å². The van der Waals surface area contributed by atoms with Crippen molar-refractivity contribution in [1.29, 1.82) is 0 Å². The number of pyridine rings is 1. The average Bonchev–Trinajstić information content (AvgIpc) is 3.11. The predicted molar refractivity (Wildman–Crippen MR) is 109 cm³/mol. The van der Waals surface area contributed by atoms with E-state index >= 15 is 0 Å². The van der Waals surface area contributed by atoms with E-state index in [0.29, 0.717) is 0 Å². The highest BCUT2D eigenvalue weighted by Gasteiger charge is 2.18. The zero-order chi connectivity index (χ0) is 18.4. The number of anilines is 1. The van der Waals surface area contributed by atoms with Crippen molar-refractivity contribution in [2.45, 2.75) is 6.92 Å². The van der Waals surface area contributed by atoms with Crippen molar-refractivity contribution in [3.8, 4) is 11.1 Å². The highest BCUT2D eigenvalue weighted by molar-refractivity contribution is 5.98. The lowest BCUT2D eigenvalue weighted by molar-refractivity contribution is 0.312. The minimum Gasteiger partial charge on any atom is -0.353 e. The molecule has 6 heteroatoms. The molecule has 1 saturated heterocycles. The Labute approximate surface area is 157 Å². The normalized spacial score (nSPS) is 15.7. The number of nitrogens with zero attached hydrogens (tertiary/aromatic N) is 5. The van der Waals surface area contributed by atoms with Crippen LogP contribution >= 0.6 is 0 Å². The third-order valence-corrected chi connectivity index (χ3v) is 5.41. The summed E-state index contributed by atoms with van der Waals surface area (Å²) in [6.45, 7) is 6.10. The zero-order valence-corrected chi connectivity index (χ0v) is 15.6. The van der Waals surface area contributed by atoms with E-state index in [1.807, 2.05) is 13.1 Å². The Morgan fingerprint density at radius 2 is 1.81 bits per heavy atom. The lowest BCUT2D eigenvalue weighted by Gasteiger charge is -2.33. The van der Waals surface area contributed by atoms with Gasteiger partial charge in [0.1, 0.15) is 17.8 Å². The molecular weight excluding hydrogens is 336 g/mol. The van der Waals surface area contributed by atoms with Crippen molar-refractivity contribution >= 4 is 27.8 Å². The van der Waals surface area contributed by atoms with Crippen molar-refractivity contribution in [2.75, 3.05) is 38.1 Å². The van der Waals surface area contributed by atoms with Gasteiger partial charge in [-0.25, -0.2) is 15.0 Å². The van der Waals surface area contributed by atoms with Gasteiger partial charge in [0.15, 0.2) is 0 Å². The van der Waals surface area contributed by atoms with Gasteiger partial charge in [0.05, 0.1) is 5.52 Å². The summed E-state index contributed by atoms with van der Waals surface area (Å²) in [6, 6.07) is 10.6. The number of hydrogen-bond donors (Lipinski definition) is 1. The molecule has 0 saturated carbocycles. The Balaban J connectivity index is 1.63. The molecule has 4 heterocycles. The van der Waals surface area contributed by atoms with Gasteiger partial charge in [-0.1, -0.05) is 6.07 Å². The number of fused-ring (bicyclic) bond motifs is 2. The fourth-order valence-electron chi connectivity index (χ4n) is 3.82. The van der Waals surface area contributed by atoms with Crippen LogP contribution in [0.25, 0.3) is 33.1 Å². The van der Waals surface area contributed by atoms with Gasteiger partial charge in [0.25, 0.3) is 0 Å². The largest absolute Gasteiger partial charge is 0.353 e. The summed E-state index contributed by atoms with van der Waals surface area (Å²) in [5.74, 6) is 1.03. The molecule has 0 spiro atoms. The first-order valence-electron chi connectivity index (χ1n) is 9.32. The van der Waals surface area contributed by atoms with Crippen LogP contribution in [-0.4, -0.2) is 58.1 Å². The molecule has 1 N–H and O–H groups in total. The Morgan fingerprint density at radius 1 is 0.963 bits per heavy atom. The molecule has 0 aliphatic carbocycles. The van der Waals surface area contributed by atoms with Crippen LogP contribution < -0.4 is 4.90 Å². The molecule has 27 heavy (non-hydrogen) atoms. The number of likely N-dealkylation sites (N-methyl/N-ethyl adjacent to an activating group) is 1. The standard InChI is InChI=1S/C21H22N6/c1-14-3-5-16-18(12-22-20(16)25-14)15-4-6-19-17(11-15)21(24-13-23-19)27-9-7-26(2)8-10-27/h3-6,11-13H,7-10H2,1-2H3,(H,22,25). The van der Waals surface area contributed by atoms with Crippen molar-refractivity contribution in [3.05, 3.63) is 48.5 Å². The second-order valence-corrected chi connectivity index (χ2v) is 7.27. The maximum absolute atomic E-state index is 4.63. The van der Waals surface area contributed by atoms with E-state index in [2.05, 4.69) is 67.1 Å². The maximum Gasteiger partial charge on any atom is 0.139 e. The summed E-state index contributed by atoms with van der Waals surface area (Å²) in [7, 11) is 2.17. The Hall–Kier alpha value is -2.99. The van der Waals surface area contributed by atoms with E-state index in [1.165, 1.54) is 0 Å². The summed E-state index contributed by atoms with van der Waals surface area (Å²) in [4.78, 5) is 21.7. The predicted octanol–water partition coefficient (Wildman–Crippen LogP) is 3.23. The van der Waals surface area contributed by atoms with Crippen LogP contribution in [0.4, 0.5) is 5.82 Å². The van der Waals surface area contributed by atoms with Crippen molar-refractivity contribution in [3.63, 3.8) is 0 Å². The van der Waals surface area contributed by atoms with Gasteiger partial charge in [-0.3, -0.25) is 0 Å². The number of aromatic nitrogens is 4. The summed E-state index contributed by atoms with van der Waals surface area (Å²) in [5.41, 5.74) is 5.24. The summed E-state index contributed by atoms with van der Waals surface area (Å²) >= 11 is 0. The molecule has 1 aliphatic heterocycles. The number of hydrogen-bond acceptors (Lipinski definition) is 5. The van der Waals surface area contributed by atoms with Crippen molar-refractivity contribution in [2.24, 2.45) is 0 Å². The van der Waals surface area contributed by atoms with Gasteiger partial charge in [-0.2, -0.15) is 0 Å². The highest BCUT2D eigenvalue weighted by Crippen LogP contribution is 2.32. The summed E-state index contributed by atoms with van der Waals surface area (Å²) in [6.07, 6.45) is 3.71. The molecule has 6 nitrogen and oxygen atoms in total. The fourth-order valence-corrected chi connectivity index (χ4v) is 3.82. The zero-order valence-electron chi connectivity index (χ0n) is 15.6.